The molecule has 7 heteroatoms. The summed E-state index contributed by atoms with van der Waals surface area (Å²) in [5.74, 6) is -0.473. The molecule has 1 N–H and O–H groups in total. The van der Waals surface area contributed by atoms with Crippen LogP contribution in [0.1, 0.15) is 43.7 Å². The fourth-order valence-corrected chi connectivity index (χ4v) is 4.36. The molecule has 2 nitrogen and oxygen atoms in total. The van der Waals surface area contributed by atoms with Gasteiger partial charge < -0.3 is 5.32 Å². The molecule has 1 heterocycles. The first-order chi connectivity index (χ1) is 10.7. The minimum absolute atomic E-state index is 0. The van der Waals surface area contributed by atoms with Crippen molar-refractivity contribution < 1.29 is 8.78 Å². The lowest BCUT2D eigenvalue weighted by Gasteiger charge is -2.41. The number of nitrogens with zero attached hydrogens (tertiary/aromatic N) is 1. The van der Waals surface area contributed by atoms with Gasteiger partial charge in [-0.1, -0.05) is 35.2 Å². The summed E-state index contributed by atoms with van der Waals surface area (Å²) < 4.78 is 29.6. The second kappa shape index (κ2) is 10.3. The summed E-state index contributed by atoms with van der Waals surface area (Å²) in [4.78, 5) is 2.28. The molecular weight excluding hydrogens is 421 g/mol. The van der Waals surface area contributed by atoms with Crippen LogP contribution in [0.15, 0.2) is 16.6 Å². The van der Waals surface area contributed by atoms with Crippen LogP contribution in [0, 0.1) is 17.6 Å². The summed E-state index contributed by atoms with van der Waals surface area (Å²) in [6, 6.07) is 2.67. The molecule has 0 unspecified atom stereocenters. The smallest absolute Gasteiger partial charge is 0.132 e. The fraction of sp³-hybridized carbons (Fsp3) is 0.647. The third-order valence-corrected chi connectivity index (χ3v) is 5.44. The van der Waals surface area contributed by atoms with E-state index < -0.39 is 11.6 Å². The van der Waals surface area contributed by atoms with Gasteiger partial charge in [0.2, 0.25) is 0 Å². The SMILES string of the molecule is Cl.Cl.Fc1cc(Br)cc(F)c1[C@H](C1CCCCC1)N1CCNCC1. The first kappa shape index (κ1) is 22.1. The molecule has 0 aromatic heterocycles. The summed E-state index contributed by atoms with van der Waals surface area (Å²) in [5.41, 5.74) is 0.275. The molecular formula is C17H25BrCl2F2N2. The average Bonchev–Trinajstić information content (AvgIpc) is 2.52. The molecule has 0 amide bonds. The second-order valence-corrected chi connectivity index (χ2v) is 7.33. The van der Waals surface area contributed by atoms with Crippen molar-refractivity contribution in [3.8, 4) is 0 Å². The molecule has 1 aromatic rings. The van der Waals surface area contributed by atoms with Gasteiger partial charge in [-0.05, 0) is 30.9 Å². The van der Waals surface area contributed by atoms with E-state index in [1.165, 1.54) is 31.4 Å². The molecule has 0 spiro atoms. The van der Waals surface area contributed by atoms with Gasteiger partial charge in [-0.3, -0.25) is 4.90 Å². The van der Waals surface area contributed by atoms with E-state index in [4.69, 9.17) is 0 Å². The second-order valence-electron chi connectivity index (χ2n) is 6.41. The fourth-order valence-electron chi connectivity index (χ4n) is 3.96. The highest BCUT2D eigenvalue weighted by atomic mass is 79.9. The molecule has 1 atom stereocenters. The van der Waals surface area contributed by atoms with Crippen LogP contribution in [0.3, 0.4) is 0 Å². The van der Waals surface area contributed by atoms with Crippen LogP contribution in [0.5, 0.6) is 0 Å². The third kappa shape index (κ3) is 5.04. The molecule has 24 heavy (non-hydrogen) atoms. The van der Waals surface area contributed by atoms with Crippen molar-refractivity contribution in [1.82, 2.24) is 10.2 Å². The molecule has 1 saturated carbocycles. The van der Waals surface area contributed by atoms with E-state index >= 15 is 0 Å². The van der Waals surface area contributed by atoms with Crippen LogP contribution in [0.2, 0.25) is 0 Å². The topological polar surface area (TPSA) is 15.3 Å². The standard InChI is InChI=1S/C17H23BrF2N2.2ClH/c18-13-10-14(19)16(15(20)11-13)17(12-4-2-1-3-5-12)22-8-6-21-7-9-22;;/h10-12,17,21H,1-9H2;2*1H/t17-;;/m0../s1. The van der Waals surface area contributed by atoms with Gasteiger partial charge >= 0.3 is 0 Å². The largest absolute Gasteiger partial charge is 0.314 e. The maximum absolute atomic E-state index is 14.6. The molecule has 0 radical (unpaired) electrons. The van der Waals surface area contributed by atoms with Crippen LogP contribution in [0.4, 0.5) is 8.78 Å². The van der Waals surface area contributed by atoms with Crippen LogP contribution >= 0.6 is 40.7 Å². The Morgan fingerprint density at radius 3 is 2.08 bits per heavy atom. The zero-order valence-electron chi connectivity index (χ0n) is 13.6. The highest BCUT2D eigenvalue weighted by Crippen LogP contribution is 2.41. The van der Waals surface area contributed by atoms with Crippen molar-refractivity contribution in [3.05, 3.63) is 33.8 Å². The Morgan fingerprint density at radius 1 is 1.00 bits per heavy atom. The van der Waals surface area contributed by atoms with Crippen molar-refractivity contribution in [3.63, 3.8) is 0 Å². The molecule has 1 saturated heterocycles. The number of hydrogen-bond acceptors (Lipinski definition) is 2. The van der Waals surface area contributed by atoms with E-state index in [0.717, 1.165) is 39.0 Å². The van der Waals surface area contributed by atoms with Crippen molar-refractivity contribution in [1.29, 1.82) is 0 Å². The summed E-state index contributed by atoms with van der Waals surface area (Å²) in [6.45, 7) is 3.50. The van der Waals surface area contributed by atoms with Gasteiger partial charge in [0.25, 0.3) is 0 Å². The van der Waals surface area contributed by atoms with Crippen LogP contribution in [-0.2, 0) is 0 Å². The zero-order chi connectivity index (χ0) is 15.5. The highest BCUT2D eigenvalue weighted by molar-refractivity contribution is 9.10. The normalized spacial score (nSPS) is 20.8. The predicted molar refractivity (Wildman–Crippen MR) is 102 cm³/mol. The molecule has 1 aliphatic heterocycles. The lowest BCUT2D eigenvalue weighted by molar-refractivity contribution is 0.0976. The lowest BCUT2D eigenvalue weighted by Crippen LogP contribution is -2.47. The Hall–Kier alpha value is 0.0600. The maximum atomic E-state index is 14.6. The molecule has 3 rings (SSSR count). The number of piperazine rings is 1. The summed E-state index contributed by atoms with van der Waals surface area (Å²) >= 11 is 3.18. The molecule has 138 valence electrons. The monoisotopic (exact) mass is 444 g/mol. The third-order valence-electron chi connectivity index (χ3n) is 4.98. The maximum Gasteiger partial charge on any atom is 0.132 e. The number of nitrogens with one attached hydrogen (secondary N) is 1. The van der Waals surface area contributed by atoms with Crippen molar-refractivity contribution in [2.45, 2.75) is 38.1 Å². The Balaban J connectivity index is 0.00000144. The van der Waals surface area contributed by atoms with E-state index in [1.807, 2.05) is 0 Å². The Labute approximate surface area is 163 Å². The molecule has 2 fully saturated rings. The number of halogens is 5. The van der Waals surface area contributed by atoms with E-state index in [1.54, 1.807) is 0 Å². The van der Waals surface area contributed by atoms with Gasteiger partial charge in [0.15, 0.2) is 0 Å². The Morgan fingerprint density at radius 2 is 1.54 bits per heavy atom. The van der Waals surface area contributed by atoms with Crippen LogP contribution < -0.4 is 5.32 Å². The molecule has 1 aromatic carbocycles. The highest BCUT2D eigenvalue weighted by Gasteiger charge is 2.34. The van der Waals surface area contributed by atoms with Gasteiger partial charge in [0, 0.05) is 42.3 Å². The Kier molecular flexibility index (Phi) is 9.46. The molecule has 0 bridgehead atoms. The van der Waals surface area contributed by atoms with Crippen LogP contribution in [0.25, 0.3) is 0 Å². The zero-order valence-corrected chi connectivity index (χ0v) is 16.8. The van der Waals surface area contributed by atoms with Crippen molar-refractivity contribution in [2.75, 3.05) is 26.2 Å². The van der Waals surface area contributed by atoms with Gasteiger partial charge in [0.05, 0.1) is 0 Å². The van der Waals surface area contributed by atoms with Gasteiger partial charge in [0.1, 0.15) is 11.6 Å². The summed E-state index contributed by atoms with van der Waals surface area (Å²) in [5, 5.41) is 3.33. The molecule has 1 aliphatic carbocycles. The first-order valence-electron chi connectivity index (χ1n) is 8.26. The van der Waals surface area contributed by atoms with Gasteiger partial charge in [-0.2, -0.15) is 0 Å². The molecule has 2 aliphatic rings. The predicted octanol–water partition coefficient (Wildman–Crippen LogP) is 5.10. The number of rotatable bonds is 3. The summed E-state index contributed by atoms with van der Waals surface area (Å²) in [7, 11) is 0. The van der Waals surface area contributed by atoms with Crippen LogP contribution in [-0.4, -0.2) is 31.1 Å². The van der Waals surface area contributed by atoms with Gasteiger partial charge in [-0.25, -0.2) is 8.78 Å². The first-order valence-corrected chi connectivity index (χ1v) is 9.05. The average molecular weight is 446 g/mol. The van der Waals surface area contributed by atoms with E-state index in [2.05, 4.69) is 26.1 Å². The van der Waals surface area contributed by atoms with E-state index in [9.17, 15) is 8.78 Å². The van der Waals surface area contributed by atoms with Crippen molar-refractivity contribution in [2.24, 2.45) is 5.92 Å². The summed E-state index contributed by atoms with van der Waals surface area (Å²) in [6.07, 6.45) is 5.74. The van der Waals surface area contributed by atoms with E-state index in [-0.39, 0.29) is 36.4 Å². The lowest BCUT2D eigenvalue weighted by atomic mass is 9.80. The van der Waals surface area contributed by atoms with Crippen molar-refractivity contribution >= 4 is 40.7 Å². The quantitative estimate of drug-likeness (QED) is 0.696. The minimum Gasteiger partial charge on any atom is -0.314 e. The number of benzene rings is 1. The Bertz CT molecular complexity index is 480. The van der Waals surface area contributed by atoms with Gasteiger partial charge in [-0.15, -0.1) is 24.8 Å². The number of hydrogen-bond donors (Lipinski definition) is 1. The minimum atomic E-state index is -0.416. The van der Waals surface area contributed by atoms with E-state index in [0.29, 0.717) is 10.4 Å².